The van der Waals surface area contributed by atoms with Crippen molar-refractivity contribution in [2.24, 2.45) is 0 Å². The fourth-order valence-electron chi connectivity index (χ4n) is 3.00. The van der Waals surface area contributed by atoms with E-state index in [0.717, 1.165) is 5.56 Å². The lowest BCUT2D eigenvalue weighted by Crippen LogP contribution is -2.27. The number of aromatic nitrogens is 2. The molecule has 0 N–H and O–H groups in total. The lowest BCUT2D eigenvalue weighted by molar-refractivity contribution is -0.130. The summed E-state index contributed by atoms with van der Waals surface area (Å²) in [6.45, 7) is 0.187. The summed E-state index contributed by atoms with van der Waals surface area (Å²) in [7, 11) is 7.93. The normalized spacial score (nSPS) is 10.5. The zero-order valence-corrected chi connectivity index (χ0v) is 18.2. The first-order valence-corrected chi connectivity index (χ1v) is 9.48. The monoisotopic (exact) mass is 427 g/mol. The van der Waals surface area contributed by atoms with Crippen LogP contribution in [0.4, 0.5) is 0 Å². The van der Waals surface area contributed by atoms with Crippen LogP contribution in [0.1, 0.15) is 11.5 Å². The molecule has 0 bridgehead atoms. The molecule has 31 heavy (non-hydrogen) atoms. The van der Waals surface area contributed by atoms with E-state index in [1.54, 1.807) is 59.8 Å². The highest BCUT2D eigenvalue weighted by atomic mass is 16.5. The Bertz CT molecular complexity index is 1050. The zero-order chi connectivity index (χ0) is 22.4. The van der Waals surface area contributed by atoms with Gasteiger partial charge in [-0.3, -0.25) is 4.79 Å². The molecule has 0 fully saturated rings. The number of benzene rings is 2. The Labute approximate surface area is 180 Å². The average molecular weight is 427 g/mol. The fourth-order valence-corrected chi connectivity index (χ4v) is 3.00. The van der Waals surface area contributed by atoms with Gasteiger partial charge in [-0.15, -0.1) is 0 Å². The summed E-state index contributed by atoms with van der Waals surface area (Å²) in [5, 5.41) is 4.00. The molecule has 0 saturated heterocycles. The molecule has 0 radical (unpaired) electrons. The molecular weight excluding hydrogens is 402 g/mol. The molecule has 3 rings (SSSR count). The van der Waals surface area contributed by atoms with Crippen LogP contribution in [0.2, 0.25) is 0 Å². The molecule has 1 aromatic heterocycles. The van der Waals surface area contributed by atoms with Crippen molar-refractivity contribution in [3.8, 4) is 34.4 Å². The molecule has 0 spiro atoms. The summed E-state index contributed by atoms with van der Waals surface area (Å²) >= 11 is 0. The zero-order valence-electron chi connectivity index (χ0n) is 18.2. The van der Waals surface area contributed by atoms with E-state index in [1.165, 1.54) is 4.90 Å². The van der Waals surface area contributed by atoms with Crippen LogP contribution in [0.5, 0.6) is 23.0 Å². The van der Waals surface area contributed by atoms with E-state index >= 15 is 0 Å². The Balaban J connectivity index is 1.67. The van der Waals surface area contributed by atoms with Crippen molar-refractivity contribution in [2.45, 2.75) is 13.0 Å². The van der Waals surface area contributed by atoms with E-state index in [2.05, 4.69) is 10.1 Å². The Kier molecular flexibility index (Phi) is 6.96. The van der Waals surface area contributed by atoms with Gasteiger partial charge < -0.3 is 28.4 Å². The second-order valence-corrected chi connectivity index (χ2v) is 6.70. The molecule has 9 heteroatoms. The summed E-state index contributed by atoms with van der Waals surface area (Å²) in [5.41, 5.74) is 1.53. The molecule has 0 aliphatic heterocycles. The molecule has 9 nitrogen and oxygen atoms in total. The summed E-state index contributed by atoms with van der Waals surface area (Å²) in [4.78, 5) is 18.6. The highest BCUT2D eigenvalue weighted by Crippen LogP contribution is 2.31. The lowest BCUT2D eigenvalue weighted by Gasteiger charge is -2.15. The molecule has 0 aliphatic rings. The number of hydrogen-bond acceptors (Lipinski definition) is 8. The van der Waals surface area contributed by atoms with Crippen molar-refractivity contribution < 1.29 is 28.3 Å². The summed E-state index contributed by atoms with van der Waals surface area (Å²) in [6, 6.07) is 10.7. The number of methoxy groups -OCH3 is 4. The fraction of sp³-hybridized carbons (Fsp3) is 0.318. The topological polar surface area (TPSA) is 96.2 Å². The van der Waals surface area contributed by atoms with Gasteiger partial charge in [-0.25, -0.2) is 0 Å². The minimum absolute atomic E-state index is 0.0990. The van der Waals surface area contributed by atoms with Gasteiger partial charge in [-0.2, -0.15) is 4.98 Å². The first kappa shape index (κ1) is 21.9. The van der Waals surface area contributed by atoms with Gasteiger partial charge in [-0.05, 0) is 35.9 Å². The quantitative estimate of drug-likeness (QED) is 0.514. The number of amides is 1. The maximum Gasteiger partial charge on any atom is 0.246 e. The number of ether oxygens (including phenoxy) is 4. The van der Waals surface area contributed by atoms with Crippen LogP contribution in [0.3, 0.4) is 0 Å². The number of carbonyl (C=O) groups is 1. The maximum absolute atomic E-state index is 12.6. The third-order valence-corrected chi connectivity index (χ3v) is 4.71. The van der Waals surface area contributed by atoms with Crippen LogP contribution >= 0.6 is 0 Å². The highest BCUT2D eigenvalue weighted by molar-refractivity contribution is 5.78. The summed E-state index contributed by atoms with van der Waals surface area (Å²) < 4.78 is 26.4. The molecule has 0 saturated carbocycles. The van der Waals surface area contributed by atoms with E-state index in [4.69, 9.17) is 23.5 Å². The number of hydrogen-bond donors (Lipinski definition) is 0. The molecule has 164 valence electrons. The van der Waals surface area contributed by atoms with Crippen LogP contribution in [-0.4, -0.2) is 56.4 Å². The summed E-state index contributed by atoms with van der Waals surface area (Å²) in [6.07, 6.45) is 0.202. The Morgan fingerprint density at radius 3 is 2.16 bits per heavy atom. The number of carbonyl (C=O) groups excluding carboxylic acids is 1. The SMILES string of the molecule is COc1ccc(CC(=O)N(C)Cc2nc(-c3ccc(OC)c(OC)c3)no2)cc1OC. The molecule has 0 aliphatic carbocycles. The number of rotatable bonds is 9. The number of nitrogens with zero attached hydrogens (tertiary/aromatic N) is 3. The maximum atomic E-state index is 12.6. The van der Waals surface area contributed by atoms with Crippen molar-refractivity contribution >= 4 is 5.91 Å². The van der Waals surface area contributed by atoms with Gasteiger partial charge in [0.2, 0.25) is 17.6 Å². The van der Waals surface area contributed by atoms with E-state index in [9.17, 15) is 4.79 Å². The molecule has 3 aromatic rings. The second-order valence-electron chi connectivity index (χ2n) is 6.70. The third-order valence-electron chi connectivity index (χ3n) is 4.71. The van der Waals surface area contributed by atoms with Crippen LogP contribution in [-0.2, 0) is 17.8 Å². The Hall–Kier alpha value is -3.75. The van der Waals surface area contributed by atoms with Gasteiger partial charge >= 0.3 is 0 Å². The van der Waals surface area contributed by atoms with Gasteiger partial charge in [0.05, 0.1) is 41.4 Å². The van der Waals surface area contributed by atoms with Crippen molar-refractivity contribution in [1.82, 2.24) is 15.0 Å². The lowest BCUT2D eigenvalue weighted by atomic mass is 10.1. The van der Waals surface area contributed by atoms with Crippen molar-refractivity contribution in [2.75, 3.05) is 35.5 Å². The standard InChI is InChI=1S/C22H25N3O6/c1-25(21(26)11-14-6-8-16(27-2)18(10-14)29-4)13-20-23-22(24-31-20)15-7-9-17(28-3)19(12-15)30-5/h6-10,12H,11,13H2,1-5H3. The first-order chi connectivity index (χ1) is 15.0. The van der Waals surface area contributed by atoms with Gasteiger partial charge in [0.15, 0.2) is 23.0 Å². The van der Waals surface area contributed by atoms with E-state index in [0.29, 0.717) is 40.3 Å². The van der Waals surface area contributed by atoms with Gasteiger partial charge in [0.1, 0.15) is 0 Å². The van der Waals surface area contributed by atoms with Gasteiger partial charge in [0, 0.05) is 12.6 Å². The van der Waals surface area contributed by atoms with E-state index in [-0.39, 0.29) is 18.9 Å². The van der Waals surface area contributed by atoms with Gasteiger partial charge in [0.25, 0.3) is 0 Å². The van der Waals surface area contributed by atoms with Crippen molar-refractivity contribution in [1.29, 1.82) is 0 Å². The minimum Gasteiger partial charge on any atom is -0.493 e. The molecule has 0 atom stereocenters. The van der Waals surface area contributed by atoms with Crippen LogP contribution in [0.15, 0.2) is 40.9 Å². The summed E-state index contributed by atoms with van der Waals surface area (Å²) in [5.74, 6) is 2.99. The first-order valence-electron chi connectivity index (χ1n) is 9.48. The Morgan fingerprint density at radius 2 is 1.52 bits per heavy atom. The van der Waals surface area contributed by atoms with Crippen LogP contribution in [0.25, 0.3) is 11.4 Å². The van der Waals surface area contributed by atoms with Crippen molar-refractivity contribution in [3.63, 3.8) is 0 Å². The molecule has 0 unspecified atom stereocenters. The minimum atomic E-state index is -0.0990. The van der Waals surface area contributed by atoms with Crippen molar-refractivity contribution in [3.05, 3.63) is 47.9 Å². The predicted molar refractivity (Wildman–Crippen MR) is 113 cm³/mol. The second kappa shape index (κ2) is 9.84. The van der Waals surface area contributed by atoms with Crippen LogP contribution < -0.4 is 18.9 Å². The highest BCUT2D eigenvalue weighted by Gasteiger charge is 2.17. The third kappa shape index (κ3) is 5.06. The Morgan fingerprint density at radius 1 is 0.903 bits per heavy atom. The van der Waals surface area contributed by atoms with E-state index < -0.39 is 0 Å². The van der Waals surface area contributed by atoms with Crippen LogP contribution in [0, 0.1) is 0 Å². The molecular formula is C22H25N3O6. The van der Waals surface area contributed by atoms with Gasteiger partial charge in [-0.1, -0.05) is 11.2 Å². The number of likely N-dealkylation sites (N-methyl/N-ethyl adjacent to an activating group) is 1. The average Bonchev–Trinajstić information content (AvgIpc) is 3.26. The largest absolute Gasteiger partial charge is 0.493 e. The molecule has 1 amide bonds. The van der Waals surface area contributed by atoms with E-state index in [1.807, 2.05) is 12.1 Å². The smallest absolute Gasteiger partial charge is 0.246 e. The molecule has 2 aromatic carbocycles. The molecule has 1 heterocycles. The predicted octanol–water partition coefficient (Wildman–Crippen LogP) is 2.97.